The van der Waals surface area contributed by atoms with Crippen molar-refractivity contribution >= 4 is 29.5 Å². The van der Waals surface area contributed by atoms with E-state index in [1.807, 2.05) is 128 Å². The molecule has 7 atom stereocenters. The van der Waals surface area contributed by atoms with Gasteiger partial charge in [-0.15, -0.1) is 0 Å². The van der Waals surface area contributed by atoms with Crippen LogP contribution in [-0.2, 0) is 31.1 Å². The van der Waals surface area contributed by atoms with E-state index in [-0.39, 0.29) is 18.9 Å². The Kier molecular flexibility index (Phi) is 12.7. The normalized spacial score (nSPS) is 22.3. The van der Waals surface area contributed by atoms with Crippen molar-refractivity contribution in [3.8, 4) is 17.6 Å². The lowest BCUT2D eigenvalue weighted by Crippen LogP contribution is -2.55. The summed E-state index contributed by atoms with van der Waals surface area (Å²) in [6, 6.07) is 46.1. The molecule has 0 unspecified atom stereocenters. The molecule has 0 bridgehead atoms. The van der Waals surface area contributed by atoms with Crippen molar-refractivity contribution in [3.05, 3.63) is 203 Å². The quantitative estimate of drug-likeness (QED) is 0.0858. The molecule has 3 aliphatic rings. The predicted molar refractivity (Wildman–Crippen MR) is 253 cm³/mol. The number of amides is 4. The average molecular weight is 894 g/mol. The van der Waals surface area contributed by atoms with Gasteiger partial charge in [0.05, 0.1) is 42.9 Å². The van der Waals surface area contributed by atoms with Gasteiger partial charge in [-0.2, -0.15) is 0 Å². The molecule has 3 heterocycles. The summed E-state index contributed by atoms with van der Waals surface area (Å²) in [7, 11) is 1.98. The molecule has 4 amide bonds. The fourth-order valence-corrected chi connectivity index (χ4v) is 10.2. The van der Waals surface area contributed by atoms with E-state index in [1.165, 1.54) is 0 Å². The number of benzene rings is 6. The van der Waals surface area contributed by atoms with E-state index in [4.69, 9.17) is 15.2 Å². The van der Waals surface area contributed by atoms with Gasteiger partial charge in [-0.05, 0) is 77.7 Å². The molecule has 338 valence electrons. The number of cyclic esters (lactones) is 1. The Morgan fingerprint density at radius 1 is 0.821 bits per heavy atom. The third kappa shape index (κ3) is 8.34. The smallest absolute Gasteiger partial charge is 0.329 e. The van der Waals surface area contributed by atoms with Gasteiger partial charge in [0.1, 0.15) is 29.9 Å². The van der Waals surface area contributed by atoms with Crippen molar-refractivity contribution in [2.75, 3.05) is 31.7 Å². The molecule has 0 aromatic heterocycles. The van der Waals surface area contributed by atoms with Crippen LogP contribution >= 0.6 is 0 Å². The van der Waals surface area contributed by atoms with Crippen molar-refractivity contribution in [1.82, 2.24) is 15.1 Å². The van der Waals surface area contributed by atoms with Crippen LogP contribution in [0.4, 0.5) is 10.5 Å². The number of anilines is 1. The zero-order chi connectivity index (χ0) is 46.7. The highest BCUT2D eigenvalue weighted by Gasteiger charge is 2.75. The fourth-order valence-electron chi connectivity index (χ4n) is 10.2. The Hall–Kier alpha value is -7.56. The third-order valence-corrected chi connectivity index (χ3v) is 13.0. The minimum Gasteiger partial charge on any atom is -0.491 e. The van der Waals surface area contributed by atoms with E-state index < -0.39 is 65.4 Å². The number of primary amides is 1. The monoisotopic (exact) mass is 893 g/mol. The summed E-state index contributed by atoms with van der Waals surface area (Å²) in [6.45, 7) is 2.77. The number of hydrogen-bond donors (Lipinski definition) is 3. The molecule has 2 saturated heterocycles. The standard InChI is InChI=1S/C55H51N5O7/c1-36(39-19-9-4-10-20-39)57-54(65)59-45-30-25-37(18-15-31-58(2)35-38-16-7-3-8-17-38)34-44(45)55(53(59)64)46(51(56)62)48-52(63)67-49(41-23-13-6-14-24-41)47(40-21-11-5-12-22-40)60(48)50(55)42-26-28-43(29-27-42)66-33-32-61/h3-14,16-17,19-30,34,36,46-50,61H,31-33,35H2,1-2H3,(H2,56,62)(H,57,65)/t36-,46+,47+,48+,49-,50-,55+/m1/s1. The maximum atomic E-state index is 16.3. The topological polar surface area (TPSA) is 155 Å². The molecular formula is C55H51N5O7. The molecule has 0 saturated carbocycles. The number of carbonyl (C=O) groups is 4. The van der Waals surface area contributed by atoms with Gasteiger partial charge in [0.15, 0.2) is 0 Å². The molecule has 0 radical (unpaired) electrons. The number of nitrogens with two attached hydrogens (primary N) is 1. The summed E-state index contributed by atoms with van der Waals surface area (Å²) >= 11 is 0. The summed E-state index contributed by atoms with van der Waals surface area (Å²) < 4.78 is 12.2. The summed E-state index contributed by atoms with van der Waals surface area (Å²) in [5.41, 5.74) is 9.62. The van der Waals surface area contributed by atoms with Gasteiger partial charge in [0.2, 0.25) is 11.8 Å². The summed E-state index contributed by atoms with van der Waals surface area (Å²) in [5.74, 6) is 3.10. The Balaban J connectivity index is 1.26. The molecule has 2 fully saturated rings. The number of esters is 1. The lowest BCUT2D eigenvalue weighted by atomic mass is 9.65. The number of aliphatic hydroxyl groups is 1. The Labute approximate surface area is 389 Å². The lowest BCUT2D eigenvalue weighted by molar-refractivity contribution is -0.178. The van der Waals surface area contributed by atoms with E-state index in [2.05, 4.69) is 34.2 Å². The maximum absolute atomic E-state index is 16.3. The van der Waals surface area contributed by atoms with Crippen molar-refractivity contribution in [1.29, 1.82) is 0 Å². The fraction of sp³-hybridized carbons (Fsp3) is 0.236. The highest BCUT2D eigenvalue weighted by atomic mass is 16.6. The van der Waals surface area contributed by atoms with Crippen LogP contribution in [0.15, 0.2) is 164 Å². The third-order valence-electron chi connectivity index (χ3n) is 13.0. The molecule has 4 N–H and O–H groups in total. The SMILES string of the molecule is C[C@@H](NC(=O)N1C(=O)[C@@]2(c3cc(C#CCN(C)Cc4ccccc4)ccc31)[C@H](C(N)=O)[C@H]1C(=O)O[C@H](c3ccccc3)[C@H](c3ccccc3)N1[C@@H]2c1ccc(OCCO)cc1)c1ccccc1. The van der Waals surface area contributed by atoms with Crippen molar-refractivity contribution in [2.24, 2.45) is 11.7 Å². The first-order valence-electron chi connectivity index (χ1n) is 22.4. The zero-order valence-corrected chi connectivity index (χ0v) is 37.2. The highest BCUT2D eigenvalue weighted by molar-refractivity contribution is 6.24. The number of carbonyl (C=O) groups excluding carboxylic acids is 4. The molecule has 6 aromatic carbocycles. The molecule has 9 rings (SSSR count). The number of urea groups is 1. The summed E-state index contributed by atoms with van der Waals surface area (Å²) in [5, 5.41) is 12.6. The van der Waals surface area contributed by atoms with E-state index in [1.54, 1.807) is 42.5 Å². The second-order valence-corrected chi connectivity index (χ2v) is 17.2. The highest BCUT2D eigenvalue weighted by Crippen LogP contribution is 2.65. The van der Waals surface area contributed by atoms with Crippen LogP contribution in [0.3, 0.4) is 0 Å². The van der Waals surface area contributed by atoms with E-state index >= 15 is 9.59 Å². The van der Waals surface area contributed by atoms with Gasteiger partial charge in [-0.1, -0.05) is 145 Å². The van der Waals surface area contributed by atoms with Gasteiger partial charge in [-0.3, -0.25) is 24.2 Å². The number of rotatable bonds is 12. The number of aliphatic hydroxyl groups excluding tert-OH is 1. The van der Waals surface area contributed by atoms with E-state index in [9.17, 15) is 14.7 Å². The number of morpholine rings is 1. The number of nitrogens with one attached hydrogen (secondary N) is 1. The Morgan fingerprint density at radius 3 is 2.09 bits per heavy atom. The first kappa shape index (κ1) is 44.6. The average Bonchev–Trinajstić information content (AvgIpc) is 3.81. The molecule has 3 aliphatic heterocycles. The van der Waals surface area contributed by atoms with E-state index in [0.29, 0.717) is 41.1 Å². The number of imide groups is 1. The lowest BCUT2D eigenvalue weighted by Gasteiger charge is -2.46. The van der Waals surface area contributed by atoms with Crippen LogP contribution in [0, 0.1) is 17.8 Å². The maximum Gasteiger partial charge on any atom is 0.329 e. The zero-order valence-electron chi connectivity index (χ0n) is 37.2. The number of fused-ring (bicyclic) bond motifs is 3. The number of nitrogens with zero attached hydrogens (tertiary/aromatic N) is 3. The minimum absolute atomic E-state index is 0.0501. The van der Waals surface area contributed by atoms with Crippen LogP contribution in [0.25, 0.3) is 0 Å². The number of ether oxygens (including phenoxy) is 2. The second-order valence-electron chi connectivity index (χ2n) is 17.2. The van der Waals surface area contributed by atoms with Crippen LogP contribution in [0.1, 0.15) is 70.1 Å². The van der Waals surface area contributed by atoms with Crippen molar-refractivity contribution in [3.63, 3.8) is 0 Å². The minimum atomic E-state index is -1.99. The van der Waals surface area contributed by atoms with Crippen LogP contribution < -0.4 is 20.7 Å². The predicted octanol–water partition coefficient (Wildman–Crippen LogP) is 7.16. The molecular weight excluding hydrogens is 843 g/mol. The van der Waals surface area contributed by atoms with Gasteiger partial charge < -0.3 is 25.6 Å². The van der Waals surface area contributed by atoms with Gasteiger partial charge >= 0.3 is 12.0 Å². The van der Waals surface area contributed by atoms with Crippen LogP contribution in [-0.4, -0.2) is 71.6 Å². The first-order chi connectivity index (χ1) is 32.6. The molecule has 12 heteroatoms. The molecule has 12 nitrogen and oxygen atoms in total. The Morgan fingerprint density at radius 2 is 1.45 bits per heavy atom. The number of hydrogen-bond acceptors (Lipinski definition) is 9. The van der Waals surface area contributed by atoms with E-state index in [0.717, 1.165) is 21.6 Å². The molecule has 1 spiro atoms. The summed E-state index contributed by atoms with van der Waals surface area (Å²) in [4.78, 5) is 65.9. The largest absolute Gasteiger partial charge is 0.491 e. The van der Waals surface area contributed by atoms with Crippen LogP contribution in [0.2, 0.25) is 0 Å². The molecule has 0 aliphatic carbocycles. The van der Waals surface area contributed by atoms with Crippen molar-refractivity contribution < 1.29 is 33.8 Å². The van der Waals surface area contributed by atoms with Crippen molar-refractivity contribution in [2.45, 2.75) is 49.2 Å². The molecule has 6 aromatic rings. The van der Waals surface area contributed by atoms with Gasteiger partial charge in [0.25, 0.3) is 0 Å². The van der Waals surface area contributed by atoms with Gasteiger partial charge in [0, 0.05) is 12.1 Å². The molecule has 67 heavy (non-hydrogen) atoms. The first-order valence-corrected chi connectivity index (χ1v) is 22.4. The van der Waals surface area contributed by atoms with Crippen LogP contribution in [0.5, 0.6) is 5.75 Å². The summed E-state index contributed by atoms with van der Waals surface area (Å²) in [6.07, 6.45) is -0.891. The van der Waals surface area contributed by atoms with Gasteiger partial charge in [-0.25, -0.2) is 9.69 Å². The Bertz CT molecular complexity index is 2820. The second kappa shape index (κ2) is 19.1.